The maximum Gasteiger partial charge on any atom is 0.254 e. The van der Waals surface area contributed by atoms with Crippen LogP contribution in [0.1, 0.15) is 107 Å². The molecule has 0 spiro atoms. The molecule has 0 unspecified atom stereocenters. The number of hydrogen-bond acceptors (Lipinski definition) is 4. The van der Waals surface area contributed by atoms with Crippen LogP contribution in [0.5, 0.6) is 0 Å². The fraction of sp³-hybridized carbons (Fsp3) is 0.298. The zero-order valence-corrected chi connectivity index (χ0v) is 40.7. The topological polar surface area (TPSA) is 6.48 Å². The fourth-order valence-corrected chi connectivity index (χ4v) is 12.7. The Bertz CT molecular complexity index is 3080. The second-order valence-electron chi connectivity index (χ2n) is 21.4. The maximum absolute atomic E-state index is 2.68. The van der Waals surface area contributed by atoms with Gasteiger partial charge >= 0.3 is 0 Å². The predicted molar refractivity (Wildman–Crippen MR) is 276 cm³/mol. The third-order valence-corrected chi connectivity index (χ3v) is 15.9. The lowest BCUT2D eigenvalue weighted by atomic mass is 9.33. The number of benzene rings is 6. The lowest BCUT2D eigenvalue weighted by Crippen LogP contribution is -2.61. The van der Waals surface area contributed by atoms with Crippen molar-refractivity contribution in [3.63, 3.8) is 0 Å². The van der Waals surface area contributed by atoms with Gasteiger partial charge in [0.2, 0.25) is 0 Å². The van der Waals surface area contributed by atoms with Crippen LogP contribution in [0.2, 0.25) is 0 Å². The molecule has 0 bridgehead atoms. The minimum Gasteiger partial charge on any atom is -0.311 e. The molecule has 8 aromatic rings. The Hall–Kier alpha value is -5.10. The molecule has 10 rings (SSSR count). The highest BCUT2D eigenvalue weighted by molar-refractivity contribution is 7.26. The first kappa shape index (κ1) is 40.9. The van der Waals surface area contributed by atoms with Gasteiger partial charge in [-0.05, 0) is 177 Å². The molecule has 5 heteroatoms. The molecule has 0 saturated carbocycles. The minimum absolute atomic E-state index is 0.0172. The fourth-order valence-electron chi connectivity index (χ4n) is 10.4. The molecule has 0 saturated heterocycles. The van der Waals surface area contributed by atoms with Gasteiger partial charge in [-0.2, -0.15) is 0 Å². The first-order valence-corrected chi connectivity index (χ1v) is 24.0. The van der Waals surface area contributed by atoms with Crippen LogP contribution in [-0.2, 0) is 16.2 Å². The summed E-state index contributed by atoms with van der Waals surface area (Å²) in [4.78, 5) is 6.64. The summed E-state index contributed by atoms with van der Waals surface area (Å²) in [7, 11) is 0. The summed E-state index contributed by atoms with van der Waals surface area (Å²) < 4.78 is 2.68. The Kier molecular flexibility index (Phi) is 9.21. The average molecular weight is 847 g/mol. The number of aryl methyl sites for hydroxylation is 5. The van der Waals surface area contributed by atoms with Gasteiger partial charge in [0, 0.05) is 31.3 Å². The molecule has 0 fully saturated rings. The largest absolute Gasteiger partial charge is 0.311 e. The predicted octanol–water partition coefficient (Wildman–Crippen LogP) is 15.3. The van der Waals surface area contributed by atoms with E-state index in [1.807, 2.05) is 22.7 Å². The molecule has 312 valence electrons. The molecule has 4 heterocycles. The Morgan fingerprint density at radius 1 is 0.468 bits per heavy atom. The van der Waals surface area contributed by atoms with Gasteiger partial charge in [0.15, 0.2) is 0 Å². The molecular formula is C57H59BN2S2. The summed E-state index contributed by atoms with van der Waals surface area (Å²) in [5.74, 6) is 0. The van der Waals surface area contributed by atoms with Crippen molar-refractivity contribution in [1.82, 2.24) is 0 Å². The summed E-state index contributed by atoms with van der Waals surface area (Å²) >= 11 is 3.86. The van der Waals surface area contributed by atoms with Gasteiger partial charge in [0.25, 0.3) is 6.71 Å². The normalized spacial score (nSPS) is 13.9. The second kappa shape index (κ2) is 14.0. The van der Waals surface area contributed by atoms with Gasteiger partial charge in [0.1, 0.15) is 0 Å². The molecular weight excluding hydrogens is 788 g/mol. The number of rotatable bonds is 3. The van der Waals surface area contributed by atoms with E-state index in [0.717, 1.165) is 0 Å². The van der Waals surface area contributed by atoms with Gasteiger partial charge in [0.05, 0.1) is 16.4 Å². The van der Waals surface area contributed by atoms with Crippen LogP contribution in [0, 0.1) is 34.6 Å². The second-order valence-corrected chi connectivity index (χ2v) is 23.6. The molecule has 62 heavy (non-hydrogen) atoms. The number of nitrogens with zero attached hydrogens (tertiary/aromatic N) is 2. The molecule has 0 radical (unpaired) electrons. The van der Waals surface area contributed by atoms with E-state index in [0.29, 0.717) is 0 Å². The standard InChI is InChI=1S/C57H59BN2S2/c1-32-23-45-51-46(24-32)60(53-35(4)27-41(28-36(53)5)57(12,13)14)54-50(42-30-39(55(6,7)8)20-22-48(42)62-54)58(51)43-31-40(56(9,10)11)19-21-44(43)59(45)52-33(2)25-38(26-34(52)3)49-29-37-17-15-16-18-47(37)61-49/h15-31H,1-14H3. The molecule has 0 atom stereocenters. The third kappa shape index (κ3) is 6.40. The lowest BCUT2D eigenvalue weighted by molar-refractivity contribution is 0.589. The molecule has 2 aromatic heterocycles. The molecule has 0 amide bonds. The highest BCUT2D eigenvalue weighted by Gasteiger charge is 2.46. The van der Waals surface area contributed by atoms with Crippen LogP contribution < -0.4 is 26.2 Å². The highest BCUT2D eigenvalue weighted by atomic mass is 32.1. The molecule has 0 aliphatic carbocycles. The zero-order valence-electron chi connectivity index (χ0n) is 39.1. The zero-order chi connectivity index (χ0) is 43.9. The average Bonchev–Trinajstić information content (AvgIpc) is 3.79. The monoisotopic (exact) mass is 846 g/mol. The van der Waals surface area contributed by atoms with Crippen molar-refractivity contribution in [3.05, 3.63) is 148 Å². The van der Waals surface area contributed by atoms with E-state index in [-0.39, 0.29) is 23.0 Å². The van der Waals surface area contributed by atoms with E-state index in [9.17, 15) is 0 Å². The minimum atomic E-state index is -0.0172. The van der Waals surface area contributed by atoms with E-state index < -0.39 is 0 Å². The van der Waals surface area contributed by atoms with Gasteiger partial charge in [-0.3, -0.25) is 0 Å². The van der Waals surface area contributed by atoms with E-state index in [2.05, 4.69) is 210 Å². The molecule has 2 aliphatic heterocycles. The SMILES string of the molecule is Cc1cc2c3c(c1)N(c1c(C)cc(C(C)(C)C)cc1C)c1sc4ccc(C(C)(C)C)cc4c1B3c1cc(C(C)(C)C)ccc1N2c1c(C)cc(-c2cc3ccccc3s2)cc1C. The Morgan fingerprint density at radius 3 is 1.66 bits per heavy atom. The quantitative estimate of drug-likeness (QED) is 0.163. The van der Waals surface area contributed by atoms with Crippen molar-refractivity contribution in [1.29, 1.82) is 0 Å². The molecule has 6 aromatic carbocycles. The third-order valence-electron chi connectivity index (χ3n) is 13.6. The van der Waals surface area contributed by atoms with Gasteiger partial charge in [-0.1, -0.05) is 117 Å². The number of anilines is 6. The van der Waals surface area contributed by atoms with E-state index in [1.165, 1.54) is 125 Å². The number of thiophene rings is 2. The van der Waals surface area contributed by atoms with E-state index in [4.69, 9.17) is 0 Å². The van der Waals surface area contributed by atoms with Crippen LogP contribution in [0.4, 0.5) is 33.4 Å². The summed E-state index contributed by atoms with van der Waals surface area (Å²) in [6, 6.07) is 40.6. The number of hydrogen-bond donors (Lipinski definition) is 0. The highest BCUT2D eigenvalue weighted by Crippen LogP contribution is 2.51. The Morgan fingerprint density at radius 2 is 1.03 bits per heavy atom. The molecule has 2 nitrogen and oxygen atoms in total. The van der Waals surface area contributed by atoms with Crippen molar-refractivity contribution >= 4 is 99.4 Å². The van der Waals surface area contributed by atoms with Crippen molar-refractivity contribution in [3.8, 4) is 10.4 Å². The first-order chi connectivity index (χ1) is 29.2. The van der Waals surface area contributed by atoms with Crippen LogP contribution in [0.15, 0.2) is 103 Å². The van der Waals surface area contributed by atoms with Crippen molar-refractivity contribution in [2.75, 3.05) is 9.80 Å². The van der Waals surface area contributed by atoms with Crippen molar-refractivity contribution in [2.45, 2.75) is 113 Å². The van der Waals surface area contributed by atoms with Gasteiger partial charge in [-0.15, -0.1) is 22.7 Å². The van der Waals surface area contributed by atoms with Gasteiger partial charge in [-0.25, -0.2) is 0 Å². The van der Waals surface area contributed by atoms with E-state index >= 15 is 0 Å². The molecule has 0 N–H and O–H groups in total. The summed E-state index contributed by atoms with van der Waals surface area (Å²) in [6.45, 7) is 32.8. The smallest absolute Gasteiger partial charge is 0.254 e. The summed E-state index contributed by atoms with van der Waals surface area (Å²) in [5, 5.41) is 4.03. The Labute approximate surface area is 378 Å². The van der Waals surface area contributed by atoms with Gasteiger partial charge < -0.3 is 9.80 Å². The summed E-state index contributed by atoms with van der Waals surface area (Å²) in [5.41, 5.74) is 22.6. The first-order valence-electron chi connectivity index (χ1n) is 22.4. The van der Waals surface area contributed by atoms with E-state index in [1.54, 1.807) is 0 Å². The maximum atomic E-state index is 2.68. The van der Waals surface area contributed by atoms with Crippen LogP contribution >= 0.6 is 22.7 Å². The summed E-state index contributed by atoms with van der Waals surface area (Å²) in [6.07, 6.45) is 0. The number of fused-ring (bicyclic) bond motifs is 7. The van der Waals surface area contributed by atoms with Crippen LogP contribution in [0.3, 0.4) is 0 Å². The van der Waals surface area contributed by atoms with Crippen molar-refractivity contribution < 1.29 is 0 Å². The Balaban J connectivity index is 1.30. The lowest BCUT2D eigenvalue weighted by Gasteiger charge is -2.45. The van der Waals surface area contributed by atoms with Crippen LogP contribution in [0.25, 0.3) is 30.6 Å². The van der Waals surface area contributed by atoms with Crippen LogP contribution in [-0.4, -0.2) is 6.71 Å². The van der Waals surface area contributed by atoms with Crippen molar-refractivity contribution in [2.24, 2.45) is 0 Å². The molecule has 2 aliphatic rings.